The predicted octanol–water partition coefficient (Wildman–Crippen LogP) is 2.14. The van der Waals surface area contributed by atoms with Gasteiger partial charge in [-0.1, -0.05) is 48.5 Å². The first-order valence-corrected chi connectivity index (χ1v) is 10.7. The predicted molar refractivity (Wildman–Crippen MR) is 118 cm³/mol. The van der Waals surface area contributed by atoms with Gasteiger partial charge in [0.25, 0.3) is 0 Å². The van der Waals surface area contributed by atoms with Gasteiger partial charge in [-0.2, -0.15) is 0 Å². The number of piperazine rings is 1. The number of amides is 2. The van der Waals surface area contributed by atoms with Crippen LogP contribution in [0, 0.1) is 0 Å². The minimum Gasteiger partial charge on any atom is -0.480 e. The van der Waals surface area contributed by atoms with Crippen LogP contribution in [0.4, 0.5) is 4.79 Å². The monoisotopic (exact) mass is 437 g/mol. The lowest BCUT2D eigenvalue weighted by atomic mass is 9.98. The van der Waals surface area contributed by atoms with Gasteiger partial charge in [0.05, 0.1) is 6.42 Å². The number of alkyl carbamates (subject to hydrolysis) is 1. The van der Waals surface area contributed by atoms with Crippen molar-refractivity contribution in [2.45, 2.75) is 18.4 Å². The zero-order chi connectivity index (χ0) is 22.7. The third-order valence-corrected chi connectivity index (χ3v) is 6.17. The molecule has 2 aromatic carbocycles. The standard InChI is InChI=1S/C24H27N3O5/c1-26-10-12-27(13-11-26)22(28)14-21(23(29)30)25-24(31)32-15-20-18-8-4-2-6-16(18)17-7-3-5-9-19(17)20/h2-9,20-21H,10-15H2,1H3,(H,25,31)(H,29,30)/t21-/m0/s1. The number of fused-ring (bicyclic) bond motifs is 3. The van der Waals surface area contributed by atoms with Crippen LogP contribution in [0.2, 0.25) is 0 Å². The Bertz CT molecular complexity index is 971. The van der Waals surface area contributed by atoms with E-state index >= 15 is 0 Å². The van der Waals surface area contributed by atoms with E-state index in [-0.39, 0.29) is 24.9 Å². The van der Waals surface area contributed by atoms with Crippen LogP contribution in [0.1, 0.15) is 23.5 Å². The van der Waals surface area contributed by atoms with E-state index in [1.807, 2.05) is 55.6 Å². The number of hydrogen-bond donors (Lipinski definition) is 2. The average molecular weight is 437 g/mol. The number of benzene rings is 2. The zero-order valence-electron chi connectivity index (χ0n) is 18.0. The summed E-state index contributed by atoms with van der Waals surface area (Å²) in [5.74, 6) is -1.67. The number of rotatable bonds is 6. The summed E-state index contributed by atoms with van der Waals surface area (Å²) in [6.45, 7) is 2.66. The minimum atomic E-state index is -1.34. The SMILES string of the molecule is CN1CCN(C(=O)C[C@H](NC(=O)OCC2c3ccccc3-c3ccccc32)C(=O)O)CC1. The van der Waals surface area contributed by atoms with Crippen LogP contribution in [-0.2, 0) is 14.3 Å². The van der Waals surface area contributed by atoms with Gasteiger partial charge < -0.3 is 25.0 Å². The van der Waals surface area contributed by atoms with Crippen molar-refractivity contribution >= 4 is 18.0 Å². The Labute approximate surface area is 186 Å². The van der Waals surface area contributed by atoms with Gasteiger partial charge in [0, 0.05) is 32.1 Å². The second-order valence-electron chi connectivity index (χ2n) is 8.25. The largest absolute Gasteiger partial charge is 0.480 e. The summed E-state index contributed by atoms with van der Waals surface area (Å²) in [4.78, 5) is 40.3. The minimum absolute atomic E-state index is 0.0819. The summed E-state index contributed by atoms with van der Waals surface area (Å²) in [6.07, 6.45) is -1.14. The van der Waals surface area contributed by atoms with E-state index in [1.54, 1.807) is 4.90 Å². The third kappa shape index (κ3) is 4.60. The highest BCUT2D eigenvalue weighted by Crippen LogP contribution is 2.44. The fourth-order valence-corrected chi connectivity index (χ4v) is 4.34. The summed E-state index contributed by atoms with van der Waals surface area (Å²) >= 11 is 0. The number of carboxylic acids is 1. The first-order valence-electron chi connectivity index (χ1n) is 10.7. The van der Waals surface area contributed by atoms with Crippen LogP contribution < -0.4 is 5.32 Å². The van der Waals surface area contributed by atoms with Crippen molar-refractivity contribution in [3.8, 4) is 11.1 Å². The number of carbonyl (C=O) groups excluding carboxylic acids is 2. The molecule has 32 heavy (non-hydrogen) atoms. The van der Waals surface area contributed by atoms with E-state index in [4.69, 9.17) is 4.74 Å². The smallest absolute Gasteiger partial charge is 0.407 e. The Morgan fingerprint density at radius 2 is 1.56 bits per heavy atom. The molecule has 1 fully saturated rings. The first-order chi connectivity index (χ1) is 15.4. The molecule has 0 aromatic heterocycles. The number of aliphatic carboxylic acids is 1. The van der Waals surface area contributed by atoms with E-state index in [2.05, 4.69) is 10.2 Å². The molecule has 1 aliphatic heterocycles. The Kier molecular flexibility index (Phi) is 6.41. The summed E-state index contributed by atoms with van der Waals surface area (Å²) in [6, 6.07) is 14.6. The van der Waals surface area contributed by atoms with Crippen molar-refractivity contribution in [2.24, 2.45) is 0 Å². The molecule has 0 spiro atoms. The van der Waals surface area contributed by atoms with E-state index in [1.165, 1.54) is 0 Å². The Hall–Kier alpha value is -3.39. The van der Waals surface area contributed by atoms with Crippen LogP contribution >= 0.6 is 0 Å². The molecule has 168 valence electrons. The Morgan fingerprint density at radius 3 is 2.12 bits per heavy atom. The lowest BCUT2D eigenvalue weighted by Crippen LogP contribution is -2.50. The van der Waals surface area contributed by atoms with Gasteiger partial charge in [-0.05, 0) is 29.3 Å². The number of ether oxygens (including phenoxy) is 1. The van der Waals surface area contributed by atoms with Crippen LogP contribution in [0.25, 0.3) is 11.1 Å². The van der Waals surface area contributed by atoms with Crippen LogP contribution in [-0.4, -0.2) is 78.8 Å². The van der Waals surface area contributed by atoms with Gasteiger partial charge in [-0.3, -0.25) is 4.79 Å². The summed E-state index contributed by atoms with van der Waals surface area (Å²) in [5.41, 5.74) is 4.36. The molecule has 2 N–H and O–H groups in total. The molecule has 0 radical (unpaired) electrons. The maximum atomic E-state index is 12.5. The Balaban J connectivity index is 1.36. The summed E-state index contributed by atoms with van der Waals surface area (Å²) in [7, 11) is 1.97. The molecule has 4 rings (SSSR count). The van der Waals surface area contributed by atoms with Crippen molar-refractivity contribution in [1.82, 2.24) is 15.1 Å². The summed E-state index contributed by atoms with van der Waals surface area (Å²) in [5, 5.41) is 11.9. The van der Waals surface area contributed by atoms with Crippen molar-refractivity contribution in [2.75, 3.05) is 39.8 Å². The molecular weight excluding hydrogens is 410 g/mol. The van der Waals surface area contributed by atoms with Crippen molar-refractivity contribution in [3.63, 3.8) is 0 Å². The first kappa shape index (κ1) is 21.8. The number of hydrogen-bond acceptors (Lipinski definition) is 5. The van der Waals surface area contributed by atoms with E-state index < -0.39 is 18.1 Å². The zero-order valence-corrected chi connectivity index (χ0v) is 18.0. The number of nitrogens with one attached hydrogen (secondary N) is 1. The second kappa shape index (κ2) is 9.40. The van der Waals surface area contributed by atoms with Crippen molar-refractivity contribution in [3.05, 3.63) is 59.7 Å². The van der Waals surface area contributed by atoms with E-state index in [9.17, 15) is 19.5 Å². The summed E-state index contributed by atoms with van der Waals surface area (Å²) < 4.78 is 5.42. The molecule has 1 heterocycles. The molecule has 0 bridgehead atoms. The van der Waals surface area contributed by atoms with Crippen molar-refractivity contribution in [1.29, 1.82) is 0 Å². The number of carboxylic acid groups (broad SMARTS) is 1. The van der Waals surface area contributed by atoms with Crippen LogP contribution in [0.5, 0.6) is 0 Å². The molecule has 1 aliphatic carbocycles. The van der Waals surface area contributed by atoms with Gasteiger partial charge in [0.1, 0.15) is 12.6 Å². The van der Waals surface area contributed by atoms with Gasteiger partial charge in [0.2, 0.25) is 5.91 Å². The van der Waals surface area contributed by atoms with E-state index in [0.717, 1.165) is 35.3 Å². The van der Waals surface area contributed by atoms with Crippen LogP contribution in [0.3, 0.4) is 0 Å². The normalized spacial score (nSPS) is 16.7. The highest BCUT2D eigenvalue weighted by Gasteiger charge is 2.31. The number of nitrogens with zero attached hydrogens (tertiary/aromatic N) is 2. The molecular formula is C24H27N3O5. The highest BCUT2D eigenvalue weighted by atomic mass is 16.5. The maximum Gasteiger partial charge on any atom is 0.407 e. The maximum absolute atomic E-state index is 12.5. The highest BCUT2D eigenvalue weighted by molar-refractivity contribution is 5.87. The lowest BCUT2D eigenvalue weighted by molar-refractivity contribution is -0.143. The van der Waals surface area contributed by atoms with Crippen molar-refractivity contribution < 1.29 is 24.2 Å². The van der Waals surface area contributed by atoms with Gasteiger partial charge in [0.15, 0.2) is 0 Å². The molecule has 2 aliphatic rings. The molecule has 8 heteroatoms. The van der Waals surface area contributed by atoms with Gasteiger partial charge in [-0.25, -0.2) is 9.59 Å². The van der Waals surface area contributed by atoms with E-state index in [0.29, 0.717) is 13.1 Å². The topological polar surface area (TPSA) is 99.2 Å². The molecule has 0 saturated carbocycles. The average Bonchev–Trinajstić information content (AvgIpc) is 3.11. The molecule has 1 atom stereocenters. The molecule has 2 aromatic rings. The third-order valence-electron chi connectivity index (χ3n) is 6.17. The molecule has 0 unspecified atom stereocenters. The lowest BCUT2D eigenvalue weighted by Gasteiger charge is -2.33. The Morgan fingerprint density at radius 1 is 1.00 bits per heavy atom. The quantitative estimate of drug-likeness (QED) is 0.719. The number of carbonyl (C=O) groups is 3. The second-order valence-corrected chi connectivity index (χ2v) is 8.25. The van der Waals surface area contributed by atoms with Gasteiger partial charge >= 0.3 is 12.1 Å². The molecule has 8 nitrogen and oxygen atoms in total. The molecule has 1 saturated heterocycles. The van der Waals surface area contributed by atoms with Crippen LogP contribution in [0.15, 0.2) is 48.5 Å². The number of likely N-dealkylation sites (N-methyl/N-ethyl adjacent to an activating group) is 1. The van der Waals surface area contributed by atoms with Gasteiger partial charge in [-0.15, -0.1) is 0 Å². The molecule has 2 amide bonds. The fourth-order valence-electron chi connectivity index (χ4n) is 4.34. The fraction of sp³-hybridized carbons (Fsp3) is 0.375.